The van der Waals surface area contributed by atoms with E-state index in [1.807, 2.05) is 12.1 Å². The van der Waals surface area contributed by atoms with Gasteiger partial charge in [0.2, 0.25) is 0 Å². The van der Waals surface area contributed by atoms with Crippen LogP contribution < -0.4 is 0 Å². The zero-order valence-corrected chi connectivity index (χ0v) is 80.7. The van der Waals surface area contributed by atoms with Crippen LogP contribution in [0.3, 0.4) is 0 Å². The number of hydrogen-bond donors (Lipinski definition) is 0. The van der Waals surface area contributed by atoms with Crippen LogP contribution in [0, 0.1) is 0 Å². The fraction of sp³-hybridized carbons (Fsp3) is 0.887. The maximum atomic E-state index is 11.4. The van der Waals surface area contributed by atoms with Gasteiger partial charge < -0.3 is 9.11 Å². The molecule has 0 aliphatic carbocycles. The number of benzene rings is 2. The van der Waals surface area contributed by atoms with E-state index < -0.39 is 20.2 Å². The van der Waals surface area contributed by atoms with E-state index in [0.29, 0.717) is 24.0 Å². The van der Waals surface area contributed by atoms with Gasteiger partial charge in [0.15, 0.2) is 0 Å². The summed E-state index contributed by atoms with van der Waals surface area (Å²) in [5.41, 5.74) is 1.35. The number of unbranched alkanes of at least 4 members (excludes halogenated alkanes) is 88. The predicted octanol–water partition coefficient (Wildman–Crippen LogP) is 37.0. The third-order valence-electron chi connectivity index (χ3n) is 25.6. The van der Waals surface area contributed by atoms with Gasteiger partial charge in [0.1, 0.15) is 20.2 Å². The topological polar surface area (TPSA) is 114 Å². The van der Waals surface area contributed by atoms with Crippen molar-refractivity contribution < 1.29 is 25.9 Å². The van der Waals surface area contributed by atoms with E-state index in [4.69, 9.17) is 0 Å². The van der Waals surface area contributed by atoms with Crippen LogP contribution in [-0.4, -0.2) is 49.0 Å². The average Bonchev–Trinajstić information content (AvgIpc) is 0.845. The maximum absolute atomic E-state index is 11.4. The molecule has 0 radical (unpaired) electrons. The van der Waals surface area contributed by atoms with Crippen molar-refractivity contribution >= 4 is 43.3 Å². The van der Waals surface area contributed by atoms with Crippen molar-refractivity contribution in [3.8, 4) is 0 Å². The molecule has 2 aromatic carbocycles. The van der Waals surface area contributed by atoms with Gasteiger partial charge in [-0.05, 0) is 48.9 Å². The third-order valence-corrected chi connectivity index (χ3v) is 27.5. The Morgan fingerprint density at radius 1 is 0.165 bits per heavy atom. The fourth-order valence-corrected chi connectivity index (χ4v) is 19.4. The smallest absolute Gasteiger partial charge is 0.744 e. The summed E-state index contributed by atoms with van der Waals surface area (Å²) < 4.78 is 68.5. The molecule has 672 valence electrons. The van der Waals surface area contributed by atoms with Crippen molar-refractivity contribution in [1.29, 1.82) is 0 Å². The molecule has 0 aromatic heterocycles. The van der Waals surface area contributed by atoms with Crippen LogP contribution >= 0.6 is 0 Å². The summed E-state index contributed by atoms with van der Waals surface area (Å²) >= 11 is 0. The molecule has 0 heterocycles. The molecule has 0 saturated carbocycles. The molecule has 6 nitrogen and oxygen atoms in total. The summed E-state index contributed by atoms with van der Waals surface area (Å²) in [5, 5.41) is 0. The molecule has 0 amide bonds. The van der Waals surface area contributed by atoms with Gasteiger partial charge in [-0.3, -0.25) is 0 Å². The van der Waals surface area contributed by atoms with Crippen molar-refractivity contribution in [2.75, 3.05) is 0 Å². The monoisotopic (exact) mass is 1660 g/mol. The first kappa shape index (κ1) is 114. The average molecular weight is 1660 g/mol. The Morgan fingerprint density at radius 3 is 0.365 bits per heavy atom. The SMILES string of the molecule is CCCCCCCCCCCCCCCCCCCCCCCCCCCCCCCCCCCCCCCCCCCCCCCc1ccccc1S(=O)(=O)[O-].CCCCCCCCCCCCCCCCCCCCCCCCCCCCCCCCCCCCCCCCCCCCCCCc1ccccc1S(=O)(=O)[O-].[Mg+2]. The van der Waals surface area contributed by atoms with Gasteiger partial charge in [0.05, 0.1) is 9.79 Å². The minimum Gasteiger partial charge on any atom is -0.744 e. The molecule has 2 rings (SSSR count). The molecule has 0 saturated heterocycles. The molecule has 0 fully saturated rings. The molecule has 9 heteroatoms. The second-order valence-electron chi connectivity index (χ2n) is 36.7. The fourth-order valence-electron chi connectivity index (χ4n) is 17.9. The van der Waals surface area contributed by atoms with Gasteiger partial charge in [-0.2, -0.15) is 0 Å². The standard InChI is InChI=1S/2C53H100O3S.Mg/c2*1-2-3-4-5-6-7-8-9-10-11-12-13-14-15-16-17-18-19-20-21-22-23-24-25-26-27-28-29-30-31-32-33-34-35-36-37-38-39-40-41-42-43-44-45-46-49-52-50-47-48-51-53(52)57(54,55)56;/h2*47-48,50-51H,2-46,49H2,1H3,(H,54,55,56);/q;;+2/p-2. The molecule has 0 spiro atoms. The van der Waals surface area contributed by atoms with Crippen molar-refractivity contribution in [1.82, 2.24) is 0 Å². The van der Waals surface area contributed by atoms with Crippen LogP contribution in [0.1, 0.15) is 603 Å². The largest absolute Gasteiger partial charge is 2.00 e. The molecule has 0 aliphatic rings. The Kier molecular flexibility index (Phi) is 92.9. The molecule has 0 unspecified atom stereocenters. The Hall–Kier alpha value is -0.974. The molecule has 0 N–H and O–H groups in total. The van der Waals surface area contributed by atoms with Crippen molar-refractivity contribution in [3.05, 3.63) is 59.7 Å². The third kappa shape index (κ3) is 86.3. The van der Waals surface area contributed by atoms with Gasteiger partial charge in [-0.1, -0.05) is 615 Å². The molecule has 115 heavy (non-hydrogen) atoms. The van der Waals surface area contributed by atoms with E-state index in [-0.39, 0.29) is 32.8 Å². The zero-order valence-electron chi connectivity index (χ0n) is 77.6. The van der Waals surface area contributed by atoms with Gasteiger partial charge in [0.25, 0.3) is 0 Å². The normalized spacial score (nSPS) is 11.8. The second kappa shape index (κ2) is 93.7. The summed E-state index contributed by atoms with van der Waals surface area (Å²) in [4.78, 5) is -0.0792. The Balaban J connectivity index is 0.00000224. The summed E-state index contributed by atoms with van der Waals surface area (Å²) in [6.07, 6.45) is 130. The summed E-state index contributed by atoms with van der Waals surface area (Å²) in [6.45, 7) is 4.61. The van der Waals surface area contributed by atoms with Crippen molar-refractivity contribution in [2.45, 2.75) is 614 Å². The van der Waals surface area contributed by atoms with Gasteiger partial charge in [-0.15, -0.1) is 0 Å². The molecule has 0 atom stereocenters. The first-order valence-corrected chi connectivity index (χ1v) is 55.0. The first-order valence-electron chi connectivity index (χ1n) is 52.2. The van der Waals surface area contributed by atoms with E-state index in [1.165, 1.54) is 564 Å². The first-order chi connectivity index (χ1) is 56.1. The van der Waals surface area contributed by atoms with Crippen LogP contribution in [0.2, 0.25) is 0 Å². The van der Waals surface area contributed by atoms with Gasteiger partial charge in [-0.25, -0.2) is 16.8 Å². The number of rotatable bonds is 94. The maximum Gasteiger partial charge on any atom is 2.00 e. The molecule has 2 aromatic rings. The van der Waals surface area contributed by atoms with Crippen LogP contribution in [-0.2, 0) is 33.1 Å². The summed E-state index contributed by atoms with van der Waals surface area (Å²) in [6, 6.07) is 13.3. The van der Waals surface area contributed by atoms with E-state index in [1.54, 1.807) is 24.3 Å². The van der Waals surface area contributed by atoms with Crippen molar-refractivity contribution in [3.63, 3.8) is 0 Å². The van der Waals surface area contributed by atoms with Gasteiger partial charge in [0, 0.05) is 0 Å². The molecular weight excluding hydrogens is 1460 g/mol. The van der Waals surface area contributed by atoms with Crippen LogP contribution in [0.25, 0.3) is 0 Å². The minimum atomic E-state index is -4.37. The number of aryl methyl sites for hydroxylation is 2. The summed E-state index contributed by atoms with van der Waals surface area (Å²) in [7, 11) is -8.74. The predicted molar refractivity (Wildman–Crippen MR) is 509 cm³/mol. The Morgan fingerprint density at radius 2 is 0.261 bits per heavy atom. The van der Waals surface area contributed by atoms with Gasteiger partial charge >= 0.3 is 23.1 Å². The van der Waals surface area contributed by atoms with E-state index in [9.17, 15) is 25.9 Å². The van der Waals surface area contributed by atoms with Crippen LogP contribution in [0.15, 0.2) is 58.3 Å². The molecular formula is C106H198MgO6S2. The quantitative estimate of drug-likeness (QED) is 0.0370. The summed E-state index contributed by atoms with van der Waals surface area (Å²) in [5.74, 6) is 0. The second-order valence-corrected chi connectivity index (χ2v) is 39.4. The van der Waals surface area contributed by atoms with Crippen LogP contribution in [0.5, 0.6) is 0 Å². The van der Waals surface area contributed by atoms with Crippen molar-refractivity contribution in [2.24, 2.45) is 0 Å². The van der Waals surface area contributed by atoms with Crippen LogP contribution in [0.4, 0.5) is 0 Å². The van der Waals surface area contributed by atoms with E-state index in [2.05, 4.69) is 13.8 Å². The Labute approximate surface area is 737 Å². The number of hydrogen-bond acceptors (Lipinski definition) is 6. The minimum absolute atomic E-state index is 0. The Bertz CT molecular complexity index is 2250. The zero-order chi connectivity index (χ0) is 82.0. The molecule has 0 aliphatic heterocycles. The van der Waals surface area contributed by atoms with E-state index >= 15 is 0 Å². The van der Waals surface area contributed by atoms with E-state index in [0.717, 1.165) is 25.7 Å². The molecule has 0 bridgehead atoms.